The second-order valence-corrected chi connectivity index (χ2v) is 8.21. The van der Waals surface area contributed by atoms with Gasteiger partial charge in [0.05, 0.1) is 19.6 Å². The van der Waals surface area contributed by atoms with Crippen LogP contribution < -0.4 is 0 Å². The fraction of sp³-hybridized carbons (Fsp3) is 0.882. The molecule has 0 aromatic carbocycles. The van der Waals surface area contributed by atoms with E-state index in [4.69, 9.17) is 9.47 Å². The summed E-state index contributed by atoms with van der Waals surface area (Å²) >= 11 is 0. The molecule has 1 unspecified atom stereocenters. The molecule has 9 heteroatoms. The van der Waals surface area contributed by atoms with E-state index in [2.05, 4.69) is 6.92 Å². The van der Waals surface area contributed by atoms with Crippen molar-refractivity contribution in [3.63, 3.8) is 0 Å². The second-order valence-electron chi connectivity index (χ2n) is 6.36. The van der Waals surface area contributed by atoms with Gasteiger partial charge in [-0.05, 0) is 19.8 Å². The number of hydrogen-bond donors (Lipinski definition) is 1. The van der Waals surface area contributed by atoms with Gasteiger partial charge in [0.1, 0.15) is 0 Å². The summed E-state index contributed by atoms with van der Waals surface area (Å²) in [4.78, 5) is 24.0. The molecule has 0 spiro atoms. The fourth-order valence-electron chi connectivity index (χ4n) is 2.16. The maximum absolute atomic E-state index is 12.1. The van der Waals surface area contributed by atoms with Crippen LogP contribution in [0.15, 0.2) is 0 Å². The van der Waals surface area contributed by atoms with E-state index in [1.807, 2.05) is 6.92 Å². The number of hydrogen-bond acceptors (Lipinski definition) is 6. The van der Waals surface area contributed by atoms with Gasteiger partial charge >= 0.3 is 11.9 Å². The molecule has 0 bridgehead atoms. The average molecular weight is 403 g/mol. The van der Waals surface area contributed by atoms with E-state index >= 15 is 0 Å². The average Bonchev–Trinajstić information content (AvgIpc) is 2.53. The van der Waals surface area contributed by atoms with Crippen LogP contribution in [0.3, 0.4) is 0 Å². The quantitative estimate of drug-likeness (QED) is 0.206. The van der Waals surface area contributed by atoms with Crippen molar-refractivity contribution in [3.05, 3.63) is 0 Å². The van der Waals surface area contributed by atoms with E-state index in [9.17, 15) is 22.6 Å². The molecule has 0 amide bonds. The van der Waals surface area contributed by atoms with Gasteiger partial charge in [0.15, 0.2) is 0 Å². The molecule has 0 heterocycles. The Morgan fingerprint density at radius 3 is 1.77 bits per heavy atom. The van der Waals surface area contributed by atoms with Gasteiger partial charge in [-0.25, -0.2) is 0 Å². The normalized spacial score (nSPS) is 13.4. The molecule has 26 heavy (non-hydrogen) atoms. The smallest absolute Gasteiger partial charge is 0.330 e. The van der Waals surface area contributed by atoms with Gasteiger partial charge in [0, 0.05) is 29.6 Å². The number of unbranched alkanes of at least 4 members (excludes halogenated alkanes) is 6. The molecule has 0 saturated heterocycles. The summed E-state index contributed by atoms with van der Waals surface area (Å²) in [6.07, 6.45) is 6.31. The first-order valence-corrected chi connectivity index (χ1v) is 10.4. The molecule has 149 valence electrons. The maximum Gasteiger partial charge on any atom is 0.330 e. The largest absolute Gasteiger partial charge is 0.466 e. The predicted molar refractivity (Wildman–Crippen MR) is 101 cm³/mol. The minimum Gasteiger partial charge on any atom is -0.466 e. The zero-order valence-corrected chi connectivity index (χ0v) is 19.4. The molecule has 0 aliphatic rings. The van der Waals surface area contributed by atoms with Crippen LogP contribution in [-0.2, 0) is 29.2 Å². The number of esters is 2. The van der Waals surface area contributed by atoms with Gasteiger partial charge in [-0.2, -0.15) is 8.42 Å². The summed E-state index contributed by atoms with van der Waals surface area (Å²) in [5.41, 5.74) is 0. The summed E-state index contributed by atoms with van der Waals surface area (Å²) in [7, 11) is -4.82. The zero-order chi connectivity index (χ0) is 19.3. The van der Waals surface area contributed by atoms with Crippen molar-refractivity contribution in [1.82, 2.24) is 0 Å². The number of carbonyl (C=O) groups is 2. The Bertz CT molecular complexity index is 507. The Labute approximate surface area is 179 Å². The summed E-state index contributed by atoms with van der Waals surface area (Å²) in [5, 5.41) is 0. The van der Waals surface area contributed by atoms with Crippen LogP contribution in [0, 0.1) is 0 Å². The number of rotatable bonds is 14. The topological polar surface area (TPSA) is 107 Å². The first-order chi connectivity index (χ1) is 11.7. The van der Waals surface area contributed by atoms with E-state index in [-0.39, 0.29) is 42.8 Å². The molecule has 7 nitrogen and oxygen atoms in total. The van der Waals surface area contributed by atoms with Crippen molar-refractivity contribution in [2.24, 2.45) is 0 Å². The van der Waals surface area contributed by atoms with Crippen molar-refractivity contribution in [2.75, 3.05) is 13.2 Å². The molecular formula is C17H32NaO7S. The van der Waals surface area contributed by atoms with Crippen molar-refractivity contribution in [1.29, 1.82) is 0 Å². The summed E-state index contributed by atoms with van der Waals surface area (Å²) in [5.74, 6) is -1.98. The summed E-state index contributed by atoms with van der Waals surface area (Å²) in [6, 6.07) is 0. The minimum atomic E-state index is -4.82. The van der Waals surface area contributed by atoms with E-state index in [1.165, 1.54) is 0 Å². The van der Waals surface area contributed by atoms with Gasteiger partial charge < -0.3 is 9.47 Å². The van der Waals surface area contributed by atoms with Crippen LogP contribution >= 0.6 is 0 Å². The molecule has 0 aromatic heterocycles. The monoisotopic (exact) mass is 403 g/mol. The summed E-state index contributed by atoms with van der Waals surface area (Å²) < 4.78 is 40.2. The molecule has 1 atom stereocenters. The zero-order valence-electron chi connectivity index (χ0n) is 16.6. The van der Waals surface area contributed by atoms with Gasteiger partial charge in [0.25, 0.3) is 10.1 Å². The van der Waals surface area contributed by atoms with Crippen molar-refractivity contribution < 1.29 is 32.0 Å². The SMILES string of the molecule is CCCCCCOC(=O)CC(C)(C(=O)OCCCCCC)S(=O)(=O)O.[Na]. The number of carbonyl (C=O) groups excluding carboxylic acids is 2. The van der Waals surface area contributed by atoms with Gasteiger partial charge in [-0.15, -0.1) is 0 Å². The Balaban J connectivity index is 0. The molecule has 1 radical (unpaired) electrons. The molecule has 0 aromatic rings. The Kier molecular flexibility index (Phi) is 16.0. The molecule has 0 aliphatic heterocycles. The second kappa shape index (κ2) is 14.9. The first kappa shape index (κ1) is 28.1. The minimum absolute atomic E-state index is 0. The third-order valence-corrected chi connectivity index (χ3v) is 5.42. The van der Waals surface area contributed by atoms with E-state index in [0.29, 0.717) is 12.8 Å². The van der Waals surface area contributed by atoms with Crippen LogP contribution in [-0.4, -0.2) is 72.4 Å². The first-order valence-electron chi connectivity index (χ1n) is 8.99. The van der Waals surface area contributed by atoms with Gasteiger partial charge in [0.2, 0.25) is 4.75 Å². The van der Waals surface area contributed by atoms with Crippen LogP contribution in [0.25, 0.3) is 0 Å². The standard InChI is InChI=1S/C17H32O7S.Na/c1-4-6-8-10-12-23-15(18)14-17(3,25(20,21)22)16(19)24-13-11-9-7-5-2;/h4-14H2,1-3H3,(H,20,21,22);. The van der Waals surface area contributed by atoms with Crippen LogP contribution in [0.2, 0.25) is 0 Å². The Hall–Kier alpha value is -0.150. The van der Waals surface area contributed by atoms with E-state index in [0.717, 1.165) is 45.4 Å². The summed E-state index contributed by atoms with van der Waals surface area (Å²) in [6.45, 7) is 5.28. The van der Waals surface area contributed by atoms with Crippen LogP contribution in [0.5, 0.6) is 0 Å². The van der Waals surface area contributed by atoms with Crippen molar-refractivity contribution >= 4 is 51.6 Å². The Morgan fingerprint density at radius 2 is 1.35 bits per heavy atom. The van der Waals surface area contributed by atoms with Crippen molar-refractivity contribution in [3.8, 4) is 0 Å². The van der Waals surface area contributed by atoms with Crippen LogP contribution in [0.1, 0.15) is 78.6 Å². The molecule has 0 fully saturated rings. The fourth-order valence-corrected chi connectivity index (χ4v) is 2.73. The van der Waals surface area contributed by atoms with Gasteiger partial charge in [-0.3, -0.25) is 14.1 Å². The van der Waals surface area contributed by atoms with Crippen LogP contribution in [0.4, 0.5) is 0 Å². The predicted octanol–water partition coefficient (Wildman–Crippen LogP) is 2.89. The third kappa shape index (κ3) is 10.9. The molecule has 0 rings (SSSR count). The maximum atomic E-state index is 12.1. The van der Waals surface area contributed by atoms with E-state index in [1.54, 1.807) is 0 Å². The molecule has 0 aliphatic carbocycles. The Morgan fingerprint density at radius 1 is 0.885 bits per heavy atom. The van der Waals surface area contributed by atoms with Gasteiger partial charge in [-0.1, -0.05) is 52.4 Å². The number of ether oxygens (including phenoxy) is 2. The van der Waals surface area contributed by atoms with E-state index < -0.39 is 33.2 Å². The third-order valence-electron chi connectivity index (χ3n) is 3.97. The molecule has 0 saturated carbocycles. The van der Waals surface area contributed by atoms with Crippen molar-refractivity contribution in [2.45, 2.75) is 83.3 Å². The molecule has 1 N–H and O–H groups in total. The molecular weight excluding hydrogens is 371 g/mol.